The molecule has 1 amide bonds. The summed E-state index contributed by atoms with van der Waals surface area (Å²) >= 11 is 0. The van der Waals surface area contributed by atoms with Crippen molar-refractivity contribution in [3.05, 3.63) is 47.3 Å². The Bertz CT molecular complexity index is 1140. The van der Waals surface area contributed by atoms with Crippen LogP contribution < -0.4 is 10.6 Å². The number of ketones is 1. The number of carbonyl (C=O) groups is 2. The summed E-state index contributed by atoms with van der Waals surface area (Å²) in [5, 5.41) is 5.87. The van der Waals surface area contributed by atoms with Gasteiger partial charge in [0.25, 0.3) is 0 Å². The Morgan fingerprint density at radius 1 is 1.08 bits per heavy atom. The standard InChI is InChI=1S/C29H38F3N5O2/c1-18(2)34-27(39)23-6-4-5-21(23)16-25-24(29(30,31)32)17-33-28(36-25)35-22-9-7-20(8-10-22)26(38)15-19-11-13-37(3)14-12-19/h7-10,17-19,21,23H,4-6,11-16H2,1-3H3,(H,34,39)(H,33,35,36)/t21-,23-/m0/s1. The molecule has 212 valence electrons. The number of Topliss-reactive ketones (excluding diaryl/α,β-unsaturated/α-hetero) is 1. The molecule has 0 bridgehead atoms. The molecule has 1 saturated carbocycles. The Morgan fingerprint density at radius 3 is 2.41 bits per heavy atom. The first-order valence-electron chi connectivity index (χ1n) is 13.8. The van der Waals surface area contributed by atoms with E-state index < -0.39 is 11.7 Å². The van der Waals surface area contributed by atoms with Gasteiger partial charge in [-0.05, 0) is 102 Å². The average Bonchev–Trinajstić information content (AvgIpc) is 3.33. The molecule has 0 spiro atoms. The second-order valence-corrected chi connectivity index (χ2v) is 11.3. The highest BCUT2D eigenvalue weighted by Crippen LogP contribution is 2.38. The monoisotopic (exact) mass is 545 g/mol. The minimum absolute atomic E-state index is 0.0321. The van der Waals surface area contributed by atoms with Crippen LogP contribution in [-0.4, -0.2) is 52.7 Å². The van der Waals surface area contributed by atoms with Crippen molar-refractivity contribution in [1.82, 2.24) is 20.2 Å². The zero-order valence-corrected chi connectivity index (χ0v) is 22.9. The highest BCUT2D eigenvalue weighted by atomic mass is 19.4. The number of nitrogens with one attached hydrogen (secondary N) is 2. The number of anilines is 2. The SMILES string of the molecule is CC(C)NC(=O)[C@H]1CCC[C@H]1Cc1nc(Nc2ccc(C(=O)CC3CCN(C)CC3)cc2)ncc1C(F)(F)F. The highest BCUT2D eigenvalue weighted by molar-refractivity contribution is 5.96. The van der Waals surface area contributed by atoms with Crippen LogP contribution in [0.5, 0.6) is 0 Å². The number of likely N-dealkylation sites (tertiary alicyclic amines) is 1. The molecule has 2 N–H and O–H groups in total. The first-order chi connectivity index (χ1) is 18.5. The van der Waals surface area contributed by atoms with Gasteiger partial charge in [-0.2, -0.15) is 13.2 Å². The van der Waals surface area contributed by atoms with Crippen molar-refractivity contribution < 1.29 is 22.8 Å². The minimum atomic E-state index is -4.60. The third-order valence-corrected chi connectivity index (χ3v) is 7.83. The van der Waals surface area contributed by atoms with E-state index in [0.29, 0.717) is 36.4 Å². The first-order valence-corrected chi connectivity index (χ1v) is 13.8. The lowest BCUT2D eigenvalue weighted by Crippen LogP contribution is -2.37. The fraction of sp³-hybridized carbons (Fsp3) is 0.586. The molecule has 1 aliphatic carbocycles. The van der Waals surface area contributed by atoms with Gasteiger partial charge in [-0.1, -0.05) is 6.42 Å². The van der Waals surface area contributed by atoms with Gasteiger partial charge in [0, 0.05) is 35.8 Å². The number of nitrogens with zero attached hydrogens (tertiary/aromatic N) is 3. The smallest absolute Gasteiger partial charge is 0.354 e. The molecule has 1 aromatic carbocycles. The van der Waals surface area contributed by atoms with E-state index in [1.165, 1.54) is 0 Å². The van der Waals surface area contributed by atoms with Crippen LogP contribution in [0, 0.1) is 17.8 Å². The summed E-state index contributed by atoms with van der Waals surface area (Å²) in [6, 6.07) is 6.84. The molecule has 2 aromatic rings. The van der Waals surface area contributed by atoms with Gasteiger partial charge in [0.05, 0.1) is 11.3 Å². The Morgan fingerprint density at radius 2 is 1.77 bits per heavy atom. The summed E-state index contributed by atoms with van der Waals surface area (Å²) < 4.78 is 41.4. The fourth-order valence-corrected chi connectivity index (χ4v) is 5.65. The second kappa shape index (κ2) is 12.4. The van der Waals surface area contributed by atoms with Crippen molar-refractivity contribution >= 4 is 23.3 Å². The number of halogens is 3. The Hall–Kier alpha value is -3.01. The molecular weight excluding hydrogens is 507 g/mol. The van der Waals surface area contributed by atoms with Crippen molar-refractivity contribution in [2.24, 2.45) is 17.8 Å². The van der Waals surface area contributed by atoms with Gasteiger partial charge < -0.3 is 15.5 Å². The lowest BCUT2D eigenvalue weighted by Gasteiger charge is -2.28. The van der Waals surface area contributed by atoms with Crippen LogP contribution in [-0.2, 0) is 17.4 Å². The maximum absolute atomic E-state index is 13.8. The van der Waals surface area contributed by atoms with Gasteiger partial charge in [-0.25, -0.2) is 9.97 Å². The number of alkyl halides is 3. The molecular formula is C29H38F3N5O2. The van der Waals surface area contributed by atoms with E-state index in [-0.39, 0.29) is 47.6 Å². The summed E-state index contributed by atoms with van der Waals surface area (Å²) in [6.45, 7) is 5.74. The largest absolute Gasteiger partial charge is 0.419 e. The van der Waals surface area contributed by atoms with Gasteiger partial charge in [-0.3, -0.25) is 9.59 Å². The number of aromatic nitrogens is 2. The summed E-state index contributed by atoms with van der Waals surface area (Å²) in [5.74, 6) is -0.136. The summed E-state index contributed by atoms with van der Waals surface area (Å²) in [4.78, 5) is 35.8. The maximum atomic E-state index is 13.8. The van der Waals surface area contributed by atoms with Crippen molar-refractivity contribution in [1.29, 1.82) is 0 Å². The van der Waals surface area contributed by atoms with Gasteiger partial charge >= 0.3 is 6.18 Å². The van der Waals surface area contributed by atoms with E-state index >= 15 is 0 Å². The van der Waals surface area contributed by atoms with Crippen molar-refractivity contribution in [3.63, 3.8) is 0 Å². The van der Waals surface area contributed by atoms with Crippen LogP contribution in [0.3, 0.4) is 0 Å². The van der Waals surface area contributed by atoms with E-state index in [4.69, 9.17) is 0 Å². The lowest BCUT2D eigenvalue weighted by atomic mass is 9.89. The summed E-state index contributed by atoms with van der Waals surface area (Å²) in [5.41, 5.74) is 0.198. The second-order valence-electron chi connectivity index (χ2n) is 11.3. The maximum Gasteiger partial charge on any atom is 0.419 e. The van der Waals surface area contributed by atoms with E-state index in [2.05, 4.69) is 32.5 Å². The number of benzene rings is 1. The van der Waals surface area contributed by atoms with E-state index in [0.717, 1.165) is 38.5 Å². The normalized spacial score (nSPS) is 20.8. The van der Waals surface area contributed by atoms with Gasteiger partial charge in [-0.15, -0.1) is 0 Å². The molecule has 1 aromatic heterocycles. The van der Waals surface area contributed by atoms with Crippen LogP contribution in [0.2, 0.25) is 0 Å². The molecule has 7 nitrogen and oxygen atoms in total. The van der Waals surface area contributed by atoms with Crippen molar-refractivity contribution in [3.8, 4) is 0 Å². The summed E-state index contributed by atoms with van der Waals surface area (Å²) in [6.07, 6.45) is 0.924. The number of amides is 1. The Kier molecular flexibility index (Phi) is 9.25. The van der Waals surface area contributed by atoms with Gasteiger partial charge in [0.15, 0.2) is 5.78 Å². The number of piperidine rings is 1. The summed E-state index contributed by atoms with van der Waals surface area (Å²) in [7, 11) is 2.09. The van der Waals surface area contributed by atoms with E-state index in [1.54, 1.807) is 24.3 Å². The zero-order valence-electron chi connectivity index (χ0n) is 22.9. The van der Waals surface area contributed by atoms with Gasteiger partial charge in [0.1, 0.15) is 0 Å². The molecule has 4 rings (SSSR count). The van der Waals surface area contributed by atoms with Gasteiger partial charge in [0.2, 0.25) is 11.9 Å². The van der Waals surface area contributed by atoms with Crippen LogP contribution in [0.15, 0.2) is 30.5 Å². The number of hydrogen-bond acceptors (Lipinski definition) is 6. The minimum Gasteiger partial charge on any atom is -0.354 e. The molecule has 39 heavy (non-hydrogen) atoms. The lowest BCUT2D eigenvalue weighted by molar-refractivity contribution is -0.138. The fourth-order valence-electron chi connectivity index (χ4n) is 5.65. The quantitative estimate of drug-likeness (QED) is 0.397. The molecule has 1 saturated heterocycles. The number of rotatable bonds is 9. The molecule has 2 aliphatic rings. The molecule has 1 aliphatic heterocycles. The Balaban J connectivity index is 1.45. The first kappa shape index (κ1) is 29.0. The number of carbonyl (C=O) groups excluding carboxylic acids is 2. The molecule has 0 radical (unpaired) electrons. The average molecular weight is 546 g/mol. The van der Waals surface area contributed by atoms with Crippen molar-refractivity contribution in [2.45, 2.75) is 71.0 Å². The predicted octanol–water partition coefficient (Wildman–Crippen LogP) is 5.64. The van der Waals surface area contributed by atoms with Crippen molar-refractivity contribution in [2.75, 3.05) is 25.5 Å². The molecule has 2 atom stereocenters. The van der Waals surface area contributed by atoms with Crippen LogP contribution >= 0.6 is 0 Å². The highest BCUT2D eigenvalue weighted by Gasteiger charge is 2.39. The Labute approximate surface area is 228 Å². The van der Waals surface area contributed by atoms with E-state index in [9.17, 15) is 22.8 Å². The van der Waals surface area contributed by atoms with Crippen LogP contribution in [0.4, 0.5) is 24.8 Å². The van der Waals surface area contributed by atoms with Crippen LogP contribution in [0.25, 0.3) is 0 Å². The predicted molar refractivity (Wildman–Crippen MR) is 144 cm³/mol. The number of hydrogen-bond donors (Lipinski definition) is 2. The third-order valence-electron chi connectivity index (χ3n) is 7.83. The topological polar surface area (TPSA) is 87.2 Å². The van der Waals surface area contributed by atoms with Crippen LogP contribution in [0.1, 0.15) is 74.0 Å². The molecule has 2 heterocycles. The zero-order chi connectivity index (χ0) is 28.2. The molecule has 2 fully saturated rings. The molecule has 0 unspecified atom stereocenters. The van der Waals surface area contributed by atoms with E-state index in [1.807, 2.05) is 13.8 Å². The third kappa shape index (κ3) is 7.77. The molecule has 10 heteroatoms.